The van der Waals surface area contributed by atoms with Gasteiger partial charge in [0.05, 0.1) is 11.0 Å². The monoisotopic (exact) mass is 459 g/mol. The highest BCUT2D eigenvalue weighted by atomic mass is 35.5. The van der Waals surface area contributed by atoms with E-state index in [1.807, 2.05) is 11.3 Å². The molecule has 0 aliphatic rings. The largest absolute Gasteiger partial charge is 0.309 e. The molecular weight excluding hydrogens is 442 g/mol. The lowest BCUT2D eigenvalue weighted by molar-refractivity contribution is 1.18. The van der Waals surface area contributed by atoms with Gasteiger partial charge in [0, 0.05) is 47.2 Å². The Bertz CT molecular complexity index is 1790. The Morgan fingerprint density at radius 3 is 2.00 bits per heavy atom. The first-order chi connectivity index (χ1) is 16.3. The molecule has 0 spiro atoms. The van der Waals surface area contributed by atoms with Gasteiger partial charge in [-0.05, 0) is 48.0 Å². The summed E-state index contributed by atoms with van der Waals surface area (Å²) in [7, 11) is 0. The average molecular weight is 460 g/mol. The number of rotatable bonds is 2. The van der Waals surface area contributed by atoms with Gasteiger partial charge in [0.2, 0.25) is 0 Å². The Morgan fingerprint density at radius 2 is 1.24 bits per heavy atom. The molecule has 0 aliphatic carbocycles. The van der Waals surface area contributed by atoms with Gasteiger partial charge in [0.25, 0.3) is 0 Å². The van der Waals surface area contributed by atoms with Crippen LogP contribution in [0.2, 0.25) is 5.02 Å². The van der Waals surface area contributed by atoms with Gasteiger partial charge >= 0.3 is 0 Å². The number of para-hydroxylation sites is 2. The summed E-state index contributed by atoms with van der Waals surface area (Å²) >= 11 is 8.46. The van der Waals surface area contributed by atoms with E-state index in [9.17, 15) is 0 Å². The topological polar surface area (TPSA) is 4.93 Å². The Kier molecular flexibility index (Phi) is 4.14. The smallest absolute Gasteiger partial charge is 0.0541 e. The lowest BCUT2D eigenvalue weighted by Gasteiger charge is -2.11. The van der Waals surface area contributed by atoms with Crippen molar-refractivity contribution in [3.63, 3.8) is 0 Å². The molecule has 156 valence electrons. The molecule has 0 atom stereocenters. The number of aromatic nitrogens is 1. The summed E-state index contributed by atoms with van der Waals surface area (Å²) in [6.45, 7) is 0. The van der Waals surface area contributed by atoms with E-state index < -0.39 is 0 Å². The predicted octanol–water partition coefficient (Wildman–Crippen LogP) is 9.47. The fourth-order valence-electron chi connectivity index (χ4n) is 5.02. The molecule has 0 saturated carbocycles. The fraction of sp³-hybridized carbons (Fsp3) is 0. The number of hydrogen-bond donors (Lipinski definition) is 0. The van der Waals surface area contributed by atoms with E-state index in [0.717, 1.165) is 10.7 Å². The highest BCUT2D eigenvalue weighted by Crippen LogP contribution is 2.42. The zero-order valence-corrected chi connectivity index (χ0v) is 19.2. The molecule has 2 heterocycles. The van der Waals surface area contributed by atoms with Crippen molar-refractivity contribution in [2.45, 2.75) is 0 Å². The maximum atomic E-state index is 6.63. The second-order valence-corrected chi connectivity index (χ2v) is 9.84. The van der Waals surface area contributed by atoms with Gasteiger partial charge in [-0.3, -0.25) is 0 Å². The highest BCUT2D eigenvalue weighted by molar-refractivity contribution is 7.26. The van der Waals surface area contributed by atoms with Crippen LogP contribution in [0.1, 0.15) is 0 Å². The van der Waals surface area contributed by atoms with E-state index in [4.69, 9.17) is 11.6 Å². The number of fused-ring (bicyclic) bond motifs is 6. The van der Waals surface area contributed by atoms with E-state index >= 15 is 0 Å². The van der Waals surface area contributed by atoms with Gasteiger partial charge in [-0.1, -0.05) is 78.3 Å². The van der Waals surface area contributed by atoms with E-state index in [2.05, 4.69) is 114 Å². The third-order valence-corrected chi connectivity index (χ3v) is 7.88. The van der Waals surface area contributed by atoms with Crippen molar-refractivity contribution in [2.75, 3.05) is 0 Å². The zero-order valence-electron chi connectivity index (χ0n) is 17.6. The number of thiophene rings is 1. The van der Waals surface area contributed by atoms with Gasteiger partial charge < -0.3 is 4.57 Å². The number of benzene rings is 5. The zero-order chi connectivity index (χ0) is 21.9. The maximum absolute atomic E-state index is 6.63. The molecule has 0 radical (unpaired) electrons. The molecule has 0 aliphatic heterocycles. The van der Waals surface area contributed by atoms with Gasteiger partial charge in [-0.15, -0.1) is 11.3 Å². The summed E-state index contributed by atoms with van der Waals surface area (Å²) in [5.41, 5.74) is 5.94. The van der Waals surface area contributed by atoms with Crippen LogP contribution in [-0.2, 0) is 0 Å². The van der Waals surface area contributed by atoms with Crippen molar-refractivity contribution in [3.05, 3.63) is 114 Å². The Morgan fingerprint density at radius 1 is 0.576 bits per heavy atom. The summed E-state index contributed by atoms with van der Waals surface area (Å²) in [5.74, 6) is 0. The predicted molar refractivity (Wildman–Crippen MR) is 144 cm³/mol. The minimum atomic E-state index is 0.767. The van der Waals surface area contributed by atoms with E-state index in [-0.39, 0.29) is 0 Å². The normalized spacial score (nSPS) is 11.8. The third kappa shape index (κ3) is 2.85. The van der Waals surface area contributed by atoms with Gasteiger partial charge in [-0.2, -0.15) is 0 Å². The summed E-state index contributed by atoms with van der Waals surface area (Å²) in [6.07, 6.45) is 0. The Balaban J connectivity index is 1.52. The van der Waals surface area contributed by atoms with Crippen LogP contribution in [0.3, 0.4) is 0 Å². The number of nitrogens with zero attached hydrogens (tertiary/aromatic N) is 1. The first-order valence-electron chi connectivity index (χ1n) is 11.0. The Labute approximate surface area is 200 Å². The van der Waals surface area contributed by atoms with Crippen LogP contribution >= 0.6 is 22.9 Å². The molecule has 0 bridgehead atoms. The van der Waals surface area contributed by atoms with Crippen molar-refractivity contribution in [1.29, 1.82) is 0 Å². The summed E-state index contributed by atoms with van der Waals surface area (Å²) in [6, 6.07) is 38.8. The molecular formula is C30H18ClNS. The quantitative estimate of drug-likeness (QED) is 0.242. The minimum absolute atomic E-state index is 0.767. The molecule has 3 heteroatoms. The van der Waals surface area contributed by atoms with Crippen molar-refractivity contribution in [1.82, 2.24) is 4.57 Å². The molecule has 7 rings (SSSR count). The van der Waals surface area contributed by atoms with Crippen molar-refractivity contribution in [3.8, 4) is 16.8 Å². The second-order valence-electron chi connectivity index (χ2n) is 8.35. The van der Waals surface area contributed by atoms with Gasteiger partial charge in [0.1, 0.15) is 0 Å². The molecule has 33 heavy (non-hydrogen) atoms. The molecule has 7 aromatic rings. The van der Waals surface area contributed by atoms with Crippen LogP contribution in [-0.4, -0.2) is 4.57 Å². The molecule has 0 fully saturated rings. The maximum Gasteiger partial charge on any atom is 0.0541 e. The third-order valence-electron chi connectivity index (χ3n) is 6.44. The van der Waals surface area contributed by atoms with Crippen molar-refractivity contribution in [2.24, 2.45) is 0 Å². The molecule has 0 saturated heterocycles. The molecule has 5 aromatic carbocycles. The van der Waals surface area contributed by atoms with Crippen molar-refractivity contribution >= 4 is 64.9 Å². The SMILES string of the molecule is Clc1cc(-c2cccc(-n3c4ccccc4c4ccccc43)c2)c2sc3ccccc3c2c1. The van der Waals surface area contributed by atoms with Crippen LogP contribution in [0.15, 0.2) is 109 Å². The first-order valence-corrected chi connectivity index (χ1v) is 12.2. The van der Waals surface area contributed by atoms with Crippen LogP contribution in [0.5, 0.6) is 0 Å². The van der Waals surface area contributed by atoms with E-state index in [1.54, 1.807) is 0 Å². The minimum Gasteiger partial charge on any atom is -0.309 e. The van der Waals surface area contributed by atoms with Gasteiger partial charge in [0.15, 0.2) is 0 Å². The summed E-state index contributed by atoms with van der Waals surface area (Å²) in [5, 5.41) is 5.80. The van der Waals surface area contributed by atoms with Crippen LogP contribution in [0, 0.1) is 0 Å². The second kappa shape index (κ2) is 7.21. The molecule has 0 N–H and O–H groups in total. The average Bonchev–Trinajstić information content (AvgIpc) is 3.40. The van der Waals surface area contributed by atoms with Gasteiger partial charge in [-0.25, -0.2) is 0 Å². The van der Waals surface area contributed by atoms with Crippen LogP contribution in [0.25, 0.3) is 58.8 Å². The van der Waals surface area contributed by atoms with Crippen molar-refractivity contribution < 1.29 is 0 Å². The van der Waals surface area contributed by atoms with Crippen LogP contribution < -0.4 is 0 Å². The summed E-state index contributed by atoms with van der Waals surface area (Å²) in [4.78, 5) is 0. The molecule has 2 aromatic heterocycles. The standard InChI is InChI=1S/C30H18ClNS/c31-20-17-25(30-26(18-20)24-12-3-6-15-29(24)33-30)19-8-7-9-21(16-19)32-27-13-4-1-10-22(27)23-11-2-5-14-28(23)32/h1-18H. The van der Waals surface area contributed by atoms with E-state index in [1.165, 1.54) is 53.1 Å². The van der Waals surface area contributed by atoms with E-state index in [0.29, 0.717) is 0 Å². The molecule has 0 unspecified atom stereocenters. The van der Waals surface area contributed by atoms with Crippen LogP contribution in [0.4, 0.5) is 0 Å². The Hall–Kier alpha value is -3.59. The lowest BCUT2D eigenvalue weighted by Crippen LogP contribution is -1.94. The lowest BCUT2D eigenvalue weighted by atomic mass is 10.0. The summed E-state index contributed by atoms with van der Waals surface area (Å²) < 4.78 is 4.93. The fourth-order valence-corrected chi connectivity index (χ4v) is 6.46. The number of halogens is 1. The first kappa shape index (κ1) is 18.9. The number of hydrogen-bond acceptors (Lipinski definition) is 1. The highest BCUT2D eigenvalue weighted by Gasteiger charge is 2.15. The molecule has 0 amide bonds. The molecule has 1 nitrogen and oxygen atoms in total.